The lowest BCUT2D eigenvalue weighted by atomic mass is 10.1. The summed E-state index contributed by atoms with van der Waals surface area (Å²) < 4.78 is 16.8. The van der Waals surface area contributed by atoms with E-state index in [1.165, 1.54) is 116 Å². The van der Waals surface area contributed by atoms with Gasteiger partial charge in [0.2, 0.25) is 0 Å². The topological polar surface area (TPSA) is 78.9 Å². The van der Waals surface area contributed by atoms with Gasteiger partial charge >= 0.3 is 17.9 Å². The first-order valence-corrected chi connectivity index (χ1v) is 28.1. The Bertz CT molecular complexity index is 1300. The number of allylic oxidation sites excluding steroid dienone is 14. The van der Waals surface area contributed by atoms with Crippen molar-refractivity contribution in [2.75, 3.05) is 13.2 Å². The number of carbonyl (C=O) groups excluding carboxylic acids is 3. The Morgan fingerprint density at radius 2 is 0.597 bits per heavy atom. The molecule has 0 aliphatic rings. The Balaban J connectivity index is 4.41. The van der Waals surface area contributed by atoms with Crippen LogP contribution in [-0.2, 0) is 28.6 Å². The van der Waals surface area contributed by atoms with Crippen LogP contribution in [0.4, 0.5) is 0 Å². The van der Waals surface area contributed by atoms with Crippen LogP contribution in [-0.4, -0.2) is 37.2 Å². The van der Waals surface area contributed by atoms with Crippen molar-refractivity contribution in [3.8, 4) is 0 Å². The third-order valence-corrected chi connectivity index (χ3v) is 11.9. The average Bonchev–Trinajstić information content (AvgIpc) is 3.33. The van der Waals surface area contributed by atoms with Gasteiger partial charge in [0.15, 0.2) is 6.10 Å². The molecule has 384 valence electrons. The Kier molecular flexibility index (Phi) is 52.4. The summed E-state index contributed by atoms with van der Waals surface area (Å²) in [6.45, 7) is 6.45. The average molecular weight is 933 g/mol. The predicted octanol–water partition coefficient (Wildman–Crippen LogP) is 18.8. The number of hydrogen-bond acceptors (Lipinski definition) is 6. The highest BCUT2D eigenvalue weighted by atomic mass is 16.6. The second-order valence-corrected chi connectivity index (χ2v) is 18.5. The van der Waals surface area contributed by atoms with Crippen LogP contribution < -0.4 is 0 Å². The number of carbonyl (C=O) groups is 3. The molecule has 0 fully saturated rings. The fourth-order valence-electron chi connectivity index (χ4n) is 7.62. The second kappa shape index (κ2) is 55.2. The number of ether oxygens (including phenoxy) is 3. The highest BCUT2D eigenvalue weighted by Crippen LogP contribution is 2.14. The molecule has 0 bridgehead atoms. The molecule has 0 unspecified atom stereocenters. The molecule has 0 aromatic rings. The highest BCUT2D eigenvalue weighted by Gasteiger charge is 2.19. The van der Waals surface area contributed by atoms with Gasteiger partial charge in [-0.25, -0.2) is 0 Å². The summed E-state index contributed by atoms with van der Waals surface area (Å²) in [4.78, 5) is 38.1. The van der Waals surface area contributed by atoms with Gasteiger partial charge in [-0.05, 0) is 109 Å². The second-order valence-electron chi connectivity index (χ2n) is 18.5. The van der Waals surface area contributed by atoms with E-state index < -0.39 is 6.10 Å². The lowest BCUT2D eigenvalue weighted by Gasteiger charge is -2.18. The molecule has 67 heavy (non-hydrogen) atoms. The van der Waals surface area contributed by atoms with Gasteiger partial charge < -0.3 is 14.2 Å². The minimum absolute atomic E-state index is 0.0935. The zero-order valence-corrected chi connectivity index (χ0v) is 43.9. The van der Waals surface area contributed by atoms with E-state index in [2.05, 4.69) is 106 Å². The Hall–Kier alpha value is -3.41. The minimum Gasteiger partial charge on any atom is -0.462 e. The SMILES string of the molecule is CC/C=C\C/C=C\C/C=C\C/C=C\C/C=C\CCCCCC(=O)O[C@@H](COC(=O)CCCCCCC/C=C\CCCC)COC(=O)CCCCCCCCCCC/C=C\CCCCCCCC. The molecule has 0 aromatic heterocycles. The van der Waals surface area contributed by atoms with E-state index in [0.29, 0.717) is 12.8 Å². The van der Waals surface area contributed by atoms with E-state index in [1.54, 1.807) is 0 Å². The fourth-order valence-corrected chi connectivity index (χ4v) is 7.62. The van der Waals surface area contributed by atoms with Crippen LogP contribution in [0.1, 0.15) is 265 Å². The molecule has 0 N–H and O–H groups in total. The van der Waals surface area contributed by atoms with E-state index in [9.17, 15) is 14.4 Å². The summed E-state index contributed by atoms with van der Waals surface area (Å²) in [5.41, 5.74) is 0. The number of rotatable bonds is 50. The predicted molar refractivity (Wildman–Crippen MR) is 288 cm³/mol. The molecular formula is C61H104O6. The van der Waals surface area contributed by atoms with Crippen molar-refractivity contribution in [3.63, 3.8) is 0 Å². The molecule has 0 saturated heterocycles. The minimum atomic E-state index is -0.798. The molecule has 0 spiro atoms. The van der Waals surface area contributed by atoms with Crippen molar-refractivity contribution in [2.45, 2.75) is 271 Å². The van der Waals surface area contributed by atoms with Crippen LogP contribution in [0.5, 0.6) is 0 Å². The van der Waals surface area contributed by atoms with Crippen LogP contribution in [0.25, 0.3) is 0 Å². The molecule has 0 aliphatic heterocycles. The molecule has 0 aliphatic carbocycles. The summed E-state index contributed by atoms with van der Waals surface area (Å²) in [7, 11) is 0. The first-order chi connectivity index (χ1) is 33.0. The van der Waals surface area contributed by atoms with Crippen LogP contribution in [0, 0.1) is 0 Å². The first kappa shape index (κ1) is 63.6. The normalized spacial score (nSPS) is 12.7. The van der Waals surface area contributed by atoms with Crippen LogP contribution in [0.3, 0.4) is 0 Å². The summed E-state index contributed by atoms with van der Waals surface area (Å²) in [6.07, 6.45) is 71.4. The molecule has 0 amide bonds. The molecule has 1 atom stereocenters. The smallest absolute Gasteiger partial charge is 0.306 e. The van der Waals surface area contributed by atoms with Crippen molar-refractivity contribution in [3.05, 3.63) is 85.1 Å². The molecular weight excluding hydrogens is 829 g/mol. The van der Waals surface area contributed by atoms with Crippen molar-refractivity contribution < 1.29 is 28.6 Å². The van der Waals surface area contributed by atoms with E-state index in [0.717, 1.165) is 109 Å². The lowest BCUT2D eigenvalue weighted by Crippen LogP contribution is -2.30. The quantitative estimate of drug-likeness (QED) is 0.0262. The molecule has 0 rings (SSSR count). The zero-order valence-electron chi connectivity index (χ0n) is 43.9. The van der Waals surface area contributed by atoms with Crippen LogP contribution >= 0.6 is 0 Å². The largest absolute Gasteiger partial charge is 0.462 e. The monoisotopic (exact) mass is 933 g/mol. The van der Waals surface area contributed by atoms with Gasteiger partial charge in [-0.15, -0.1) is 0 Å². The first-order valence-electron chi connectivity index (χ1n) is 28.1. The number of esters is 3. The molecule has 0 aromatic carbocycles. The van der Waals surface area contributed by atoms with Crippen LogP contribution in [0.15, 0.2) is 85.1 Å². The maximum absolute atomic E-state index is 12.8. The highest BCUT2D eigenvalue weighted by molar-refractivity contribution is 5.71. The maximum Gasteiger partial charge on any atom is 0.306 e. The molecule has 0 heterocycles. The van der Waals surface area contributed by atoms with Crippen molar-refractivity contribution in [1.82, 2.24) is 0 Å². The summed E-state index contributed by atoms with van der Waals surface area (Å²) in [6, 6.07) is 0. The summed E-state index contributed by atoms with van der Waals surface area (Å²) >= 11 is 0. The van der Waals surface area contributed by atoms with E-state index >= 15 is 0 Å². The lowest BCUT2D eigenvalue weighted by molar-refractivity contribution is -0.167. The van der Waals surface area contributed by atoms with Crippen molar-refractivity contribution >= 4 is 17.9 Å². The van der Waals surface area contributed by atoms with Crippen molar-refractivity contribution in [1.29, 1.82) is 0 Å². The Labute approximate surface area is 414 Å². The molecule has 0 radical (unpaired) electrons. The molecule has 6 nitrogen and oxygen atoms in total. The summed E-state index contributed by atoms with van der Waals surface area (Å²) in [5.74, 6) is -0.935. The summed E-state index contributed by atoms with van der Waals surface area (Å²) in [5, 5.41) is 0. The standard InChI is InChI=1S/C61H104O6/c1-4-7-10-13-16-19-22-24-26-28-30-32-34-36-39-42-45-48-51-54-60(63)66-57-58(56-65-59(62)53-50-47-44-41-38-21-18-15-12-9-6-3)67-61(64)55-52-49-46-43-40-37-35-33-31-29-27-25-23-20-17-14-11-8-5-2/h8,11,15,17-18,20,24-27,31,33,37,40,58H,4-7,9-10,12-14,16,19,21-23,28-30,32,34-36,38-39,41-57H2,1-3H3/b11-8-,18-15-,20-17-,26-24-,27-25-,33-31-,40-37-/t58-/m0/s1. The van der Waals surface area contributed by atoms with Gasteiger partial charge in [-0.1, -0.05) is 221 Å². The molecule has 6 heteroatoms. The fraction of sp³-hybridized carbons (Fsp3) is 0.721. The molecule has 0 saturated carbocycles. The van der Waals surface area contributed by atoms with E-state index in [-0.39, 0.29) is 37.5 Å². The number of hydrogen-bond donors (Lipinski definition) is 0. The van der Waals surface area contributed by atoms with Gasteiger partial charge in [-0.3, -0.25) is 14.4 Å². The third kappa shape index (κ3) is 53.4. The van der Waals surface area contributed by atoms with Gasteiger partial charge in [0.05, 0.1) is 0 Å². The van der Waals surface area contributed by atoms with E-state index in [4.69, 9.17) is 14.2 Å². The maximum atomic E-state index is 12.8. The Morgan fingerprint density at radius 3 is 0.985 bits per heavy atom. The van der Waals surface area contributed by atoms with Crippen LogP contribution in [0.2, 0.25) is 0 Å². The van der Waals surface area contributed by atoms with Gasteiger partial charge in [0.1, 0.15) is 13.2 Å². The van der Waals surface area contributed by atoms with E-state index in [1.807, 2.05) is 0 Å². The zero-order chi connectivity index (χ0) is 48.6. The van der Waals surface area contributed by atoms with Gasteiger partial charge in [0, 0.05) is 19.3 Å². The number of unbranched alkanes of at least 4 members (excludes halogenated alkanes) is 25. The Morgan fingerprint density at radius 1 is 0.313 bits per heavy atom. The van der Waals surface area contributed by atoms with Crippen molar-refractivity contribution in [2.24, 2.45) is 0 Å². The van der Waals surface area contributed by atoms with Gasteiger partial charge in [0.25, 0.3) is 0 Å². The third-order valence-electron chi connectivity index (χ3n) is 11.9. The van der Waals surface area contributed by atoms with Gasteiger partial charge in [-0.2, -0.15) is 0 Å².